The van der Waals surface area contributed by atoms with Gasteiger partial charge in [0.15, 0.2) is 10.3 Å². The molecular weight excluding hydrogens is 1300 g/mol. The van der Waals surface area contributed by atoms with Gasteiger partial charge >= 0.3 is 71.1 Å². The molecule has 4 aliphatic heterocycles. The van der Waals surface area contributed by atoms with Crippen LogP contribution in [0.1, 0.15) is 42.6 Å². The molecule has 2 fully saturated rings. The molecule has 4 unspecified atom stereocenters. The van der Waals surface area contributed by atoms with Gasteiger partial charge < -0.3 is 62.3 Å². The molecule has 0 saturated carbocycles. The molecule has 10 N–H and O–H groups in total. The number of thiazole rings is 2. The largest absolute Gasteiger partial charge is 1.00 e. The van der Waals surface area contributed by atoms with Crippen molar-refractivity contribution in [1.29, 1.82) is 0 Å². The van der Waals surface area contributed by atoms with Gasteiger partial charge in [-0.3, -0.25) is 29.0 Å². The molecule has 2 saturated heterocycles. The van der Waals surface area contributed by atoms with Gasteiger partial charge in [0.2, 0.25) is 22.1 Å². The van der Waals surface area contributed by atoms with Crippen LogP contribution in [0.3, 0.4) is 0 Å². The maximum Gasteiger partial charge on any atom is 1.00 e. The summed E-state index contributed by atoms with van der Waals surface area (Å²) in [6, 6.07) is 10.3. The number of aliphatic hydroxyl groups is 2. The van der Waals surface area contributed by atoms with Crippen LogP contribution < -0.4 is 91.4 Å². The molecule has 0 bridgehead atoms. The minimum absolute atomic E-state index is 0. The van der Waals surface area contributed by atoms with Gasteiger partial charge in [-0.05, 0) is 56.3 Å². The van der Waals surface area contributed by atoms with Crippen LogP contribution in [0, 0.1) is 0 Å². The van der Waals surface area contributed by atoms with E-state index in [9.17, 15) is 58.8 Å². The number of thioether (sulfide) groups is 6. The minimum atomic E-state index is -1.53. The Labute approximate surface area is 562 Å². The molecule has 4 amide bonds. The molecule has 0 aliphatic carbocycles. The number of aromatic nitrogens is 10. The number of fused-ring (bicyclic) bond motifs is 2. The average molecular weight is 1350 g/mol. The number of tetrazole rings is 2. The van der Waals surface area contributed by atoms with Crippen molar-refractivity contribution in [2.24, 2.45) is 0 Å². The average Bonchev–Trinajstić information content (AvgIpc) is 0.920. The van der Waals surface area contributed by atoms with Crippen LogP contribution in [-0.2, 0) is 41.9 Å². The number of aromatic carboxylic acids is 2. The van der Waals surface area contributed by atoms with Gasteiger partial charge in [-0.2, -0.15) is 0 Å². The number of carboxylic acids is 4. The van der Waals surface area contributed by atoms with E-state index in [-0.39, 0.29) is 141 Å². The van der Waals surface area contributed by atoms with Gasteiger partial charge in [0, 0.05) is 43.6 Å². The van der Waals surface area contributed by atoms with E-state index in [2.05, 4.69) is 51.7 Å². The molecule has 86 heavy (non-hydrogen) atoms. The number of nitrogens with two attached hydrogens (primary N) is 2. The van der Waals surface area contributed by atoms with Crippen LogP contribution in [0.25, 0.3) is 0 Å². The predicted octanol–water partition coefficient (Wildman–Crippen LogP) is -7.13. The SMILES string of the molecule is Nc1nc(C(Sc2ccccc2C(=O)O)C(=O)NC2C(=O)N3C(C(=O)[O-])=C(CSc4nnnn4CCO)CS[C@H]23)cs1.Nc1nc(C(Sc2ccccc2C(=O)O)C(=O)NC2C(=O)N3C(C(=O)[O-])=C(CSc4nnnn4CCO)CS[C@H]23)cs1.[Na+].[Na+]. The third-order valence-corrected chi connectivity index (χ3v) is 21.0. The number of carbonyl (C=O) groups is 8. The topological polar surface area (TPSA) is 459 Å². The second-order valence-corrected chi connectivity index (χ2v) is 25.7. The summed E-state index contributed by atoms with van der Waals surface area (Å²) < 4.78 is 2.75. The number of carbonyl (C=O) groups excluding carboxylic acids is 6. The summed E-state index contributed by atoms with van der Waals surface area (Å²) in [6.45, 7) is -0.0297. The number of anilines is 2. The number of nitrogen functional groups attached to an aromatic ring is 2. The van der Waals surface area contributed by atoms with Crippen LogP contribution >= 0.6 is 93.2 Å². The number of hydrogen-bond acceptors (Lipinski definition) is 30. The van der Waals surface area contributed by atoms with Crippen molar-refractivity contribution in [3.05, 3.63) is 104 Å². The van der Waals surface area contributed by atoms with Gasteiger partial charge in [-0.25, -0.2) is 28.9 Å². The minimum Gasteiger partial charge on any atom is -0.543 e. The molecule has 2 aromatic carbocycles. The summed E-state index contributed by atoms with van der Waals surface area (Å²) in [5, 5.41) is 90.4. The predicted molar refractivity (Wildman–Crippen MR) is 302 cm³/mol. The summed E-state index contributed by atoms with van der Waals surface area (Å²) in [5.41, 5.74) is 12.5. The van der Waals surface area contributed by atoms with Crippen LogP contribution in [0.15, 0.2) is 102 Å². The van der Waals surface area contributed by atoms with E-state index in [1.807, 2.05) is 0 Å². The monoisotopic (exact) mass is 1340 g/mol. The number of amides is 4. The second-order valence-electron chi connectivity index (χ2n) is 17.5. The van der Waals surface area contributed by atoms with Crippen molar-refractivity contribution in [3.8, 4) is 0 Å². The zero-order valence-corrected chi connectivity index (χ0v) is 55.1. The summed E-state index contributed by atoms with van der Waals surface area (Å²) in [6.07, 6.45) is 0. The van der Waals surface area contributed by atoms with Crippen molar-refractivity contribution in [2.45, 2.75) is 66.5 Å². The molecule has 6 atom stereocenters. The molecule has 6 aromatic rings. The number of benzene rings is 2. The Morgan fingerprint density at radius 3 is 1.36 bits per heavy atom. The fourth-order valence-corrected chi connectivity index (χ4v) is 16.8. The first kappa shape index (κ1) is 68.2. The van der Waals surface area contributed by atoms with Crippen LogP contribution in [-0.4, -0.2) is 187 Å². The van der Waals surface area contributed by atoms with E-state index >= 15 is 0 Å². The fraction of sp³-hybridized carbons (Fsp3) is 0.304. The van der Waals surface area contributed by atoms with Crippen molar-refractivity contribution >= 4 is 151 Å². The molecule has 8 heterocycles. The maximum absolute atomic E-state index is 13.5. The number of nitrogens with zero attached hydrogens (tertiary/aromatic N) is 12. The fourth-order valence-electron chi connectivity index (χ4n) is 8.48. The summed E-state index contributed by atoms with van der Waals surface area (Å²) in [4.78, 5) is 112. The zero-order valence-electron chi connectivity index (χ0n) is 44.6. The molecule has 10 rings (SSSR count). The molecule has 4 aliphatic rings. The Kier molecular flexibility index (Phi) is 24.4. The summed E-state index contributed by atoms with van der Waals surface area (Å²) in [7, 11) is 0. The third kappa shape index (κ3) is 15.2. The molecule has 40 heteroatoms. The van der Waals surface area contributed by atoms with Crippen molar-refractivity contribution in [3.63, 3.8) is 0 Å². The van der Waals surface area contributed by atoms with E-state index in [0.717, 1.165) is 79.5 Å². The standard InChI is InChI=1S/2C23H22N8O7S4.2Na/c2*24-22-25-12(9-40-22)16(42-13-4-2-1-3-11(13)20(35)36)17(33)26-14-18(34)31-15(21(37)38)10(7-39-19(14)31)8-41-23-27-28-29-30(23)5-6-32;;/h2*1-4,9,14,16,19,32H,5-8H2,(H2,24,25)(H,26,33)(H,35,36)(H,37,38);;/q;;2*+1/p-2/t2*14?,16?,19-;;/m11../s1. The third-order valence-electron chi connectivity index (χ3n) is 12.3. The first-order valence-corrected chi connectivity index (χ1v) is 31.7. The van der Waals surface area contributed by atoms with E-state index in [1.165, 1.54) is 45.0 Å². The van der Waals surface area contributed by atoms with Gasteiger partial charge in [-0.1, -0.05) is 47.8 Å². The number of carboxylic acid groups (broad SMARTS) is 4. The zero-order chi connectivity index (χ0) is 59.9. The van der Waals surface area contributed by atoms with Gasteiger partial charge in [0.1, 0.15) is 33.3 Å². The Morgan fingerprint density at radius 1 is 0.640 bits per heavy atom. The first-order valence-electron chi connectivity index (χ1n) is 24.1. The quantitative estimate of drug-likeness (QED) is 0.0159. The number of nitrogens with one attached hydrogen (secondary N) is 2. The number of aliphatic hydroxyl groups excluding tert-OH is 2. The smallest absolute Gasteiger partial charge is 0.543 e. The van der Waals surface area contributed by atoms with Gasteiger partial charge in [-0.15, -0.1) is 79.9 Å². The molecule has 4 aromatic heterocycles. The van der Waals surface area contributed by atoms with E-state index < -0.39 is 80.8 Å². The Bertz CT molecular complexity index is 3400. The second kappa shape index (κ2) is 30.8. The van der Waals surface area contributed by atoms with Crippen molar-refractivity contribution in [2.75, 3.05) is 47.7 Å². The van der Waals surface area contributed by atoms with E-state index in [0.29, 0.717) is 42.6 Å². The Balaban J connectivity index is 0.000000240. The normalized spacial score (nSPS) is 18.3. The number of β-lactam (4-membered cyclic amide) rings is 2. The van der Waals surface area contributed by atoms with Crippen molar-refractivity contribution < 1.29 is 128 Å². The van der Waals surface area contributed by atoms with Crippen molar-refractivity contribution in [1.82, 2.24) is 70.8 Å². The first-order chi connectivity index (χ1) is 40.4. The summed E-state index contributed by atoms with van der Waals surface area (Å²) in [5.74, 6) is -7.07. The Hall–Kier alpha value is -5.30. The number of aliphatic carboxylic acids is 2. The molecule has 440 valence electrons. The van der Waals surface area contributed by atoms with E-state index in [1.54, 1.807) is 47.2 Å². The Morgan fingerprint density at radius 2 is 1.02 bits per heavy atom. The maximum atomic E-state index is 13.5. The molecular formula is C46H42N16Na2O14S8. The van der Waals surface area contributed by atoms with Crippen LogP contribution in [0.5, 0.6) is 0 Å². The van der Waals surface area contributed by atoms with Gasteiger partial charge in [0.05, 0.1) is 72.2 Å². The number of hydrogen-bond donors (Lipinski definition) is 8. The van der Waals surface area contributed by atoms with Crippen LogP contribution in [0.4, 0.5) is 10.3 Å². The van der Waals surface area contributed by atoms with E-state index in [4.69, 9.17) is 21.7 Å². The van der Waals surface area contributed by atoms with Gasteiger partial charge in [0.25, 0.3) is 11.8 Å². The number of rotatable bonds is 24. The molecule has 0 spiro atoms. The van der Waals surface area contributed by atoms with Crippen LogP contribution in [0.2, 0.25) is 0 Å². The molecule has 0 radical (unpaired) electrons. The molecule has 30 nitrogen and oxygen atoms in total. The summed E-state index contributed by atoms with van der Waals surface area (Å²) >= 11 is 9.00.